The number of aromatic nitrogens is 2. The number of aromatic hydroxyl groups is 1. The fourth-order valence-electron chi connectivity index (χ4n) is 4.14. The van der Waals surface area contributed by atoms with Gasteiger partial charge in [-0.05, 0) is 48.4 Å². The number of nitrogens with zero attached hydrogens (tertiary/aromatic N) is 2. The van der Waals surface area contributed by atoms with Crippen LogP contribution in [-0.2, 0) is 0 Å². The smallest absolute Gasteiger partial charge is 0.273 e. The van der Waals surface area contributed by atoms with Crippen molar-refractivity contribution in [3.63, 3.8) is 0 Å². The van der Waals surface area contributed by atoms with Crippen molar-refractivity contribution in [2.24, 2.45) is 0 Å². The molecule has 0 saturated carbocycles. The standard InChI is InChI=1S/C24H27N3O5/c1-5-6-11-27-22(15-12-17(31-3)23(28)18(13-15)32-4)19-20(25-26-21(19)24(27)29)14-7-9-16(30-2)10-8-14/h7-10,12-13,22,28H,5-6,11H2,1-4H3,(H,25,26). The highest BCUT2D eigenvalue weighted by atomic mass is 16.5. The summed E-state index contributed by atoms with van der Waals surface area (Å²) >= 11 is 0. The van der Waals surface area contributed by atoms with E-state index in [0.717, 1.165) is 35.3 Å². The number of amides is 1. The molecular weight excluding hydrogens is 410 g/mol. The van der Waals surface area contributed by atoms with Crippen LogP contribution >= 0.6 is 0 Å². The highest BCUT2D eigenvalue weighted by Gasteiger charge is 2.42. The maximum Gasteiger partial charge on any atom is 0.273 e. The van der Waals surface area contributed by atoms with Crippen LogP contribution in [0.2, 0.25) is 0 Å². The minimum absolute atomic E-state index is 0.0778. The summed E-state index contributed by atoms with van der Waals surface area (Å²) in [6, 6.07) is 10.7. The number of ether oxygens (including phenoxy) is 3. The second-order valence-electron chi connectivity index (χ2n) is 7.62. The van der Waals surface area contributed by atoms with Gasteiger partial charge in [0.2, 0.25) is 5.75 Å². The molecule has 0 radical (unpaired) electrons. The van der Waals surface area contributed by atoms with Crippen LogP contribution in [0.4, 0.5) is 0 Å². The number of methoxy groups -OCH3 is 3. The summed E-state index contributed by atoms with van der Waals surface area (Å²) in [6.45, 7) is 2.68. The molecular formula is C24H27N3O5. The van der Waals surface area contributed by atoms with Crippen LogP contribution in [0.5, 0.6) is 23.0 Å². The van der Waals surface area contributed by atoms with Gasteiger partial charge in [-0.15, -0.1) is 0 Å². The number of fused-ring (bicyclic) bond motifs is 1. The average molecular weight is 437 g/mol. The maximum absolute atomic E-state index is 13.3. The van der Waals surface area contributed by atoms with Crippen LogP contribution < -0.4 is 14.2 Å². The first-order chi connectivity index (χ1) is 15.5. The van der Waals surface area contributed by atoms with Crippen molar-refractivity contribution in [1.29, 1.82) is 0 Å². The SMILES string of the molecule is CCCCN1C(=O)c2[nH]nc(-c3ccc(OC)cc3)c2C1c1cc(OC)c(O)c(OC)c1. The Kier molecular flexibility index (Phi) is 5.94. The third-order valence-electron chi connectivity index (χ3n) is 5.80. The van der Waals surface area contributed by atoms with E-state index in [1.165, 1.54) is 14.2 Å². The Hall–Kier alpha value is -3.68. The van der Waals surface area contributed by atoms with Crippen LogP contribution in [-0.4, -0.2) is 54.0 Å². The summed E-state index contributed by atoms with van der Waals surface area (Å²) in [7, 11) is 4.59. The zero-order valence-corrected chi connectivity index (χ0v) is 18.6. The number of rotatable bonds is 8. The van der Waals surface area contributed by atoms with Gasteiger partial charge in [-0.3, -0.25) is 9.89 Å². The zero-order valence-electron chi connectivity index (χ0n) is 18.6. The fraction of sp³-hybridized carbons (Fsp3) is 0.333. The molecule has 8 heteroatoms. The Bertz CT molecular complexity index is 1100. The Morgan fingerprint density at radius 1 is 1.06 bits per heavy atom. The van der Waals surface area contributed by atoms with Crippen molar-refractivity contribution in [1.82, 2.24) is 15.1 Å². The van der Waals surface area contributed by atoms with Gasteiger partial charge in [-0.1, -0.05) is 13.3 Å². The van der Waals surface area contributed by atoms with Crippen molar-refractivity contribution in [3.8, 4) is 34.3 Å². The minimum Gasteiger partial charge on any atom is -0.502 e. The minimum atomic E-state index is -0.400. The van der Waals surface area contributed by atoms with Crippen LogP contribution in [0, 0.1) is 0 Å². The molecule has 1 aliphatic rings. The van der Waals surface area contributed by atoms with Crippen molar-refractivity contribution in [2.75, 3.05) is 27.9 Å². The number of unbranched alkanes of at least 4 members (excludes halogenated alkanes) is 1. The molecule has 32 heavy (non-hydrogen) atoms. The molecule has 2 heterocycles. The molecule has 0 bridgehead atoms. The number of phenols is 1. The molecule has 0 aliphatic carbocycles. The van der Waals surface area contributed by atoms with E-state index in [4.69, 9.17) is 14.2 Å². The molecule has 1 aromatic heterocycles. The predicted molar refractivity (Wildman–Crippen MR) is 120 cm³/mol. The van der Waals surface area contributed by atoms with E-state index < -0.39 is 6.04 Å². The van der Waals surface area contributed by atoms with Gasteiger partial charge in [0.05, 0.1) is 33.1 Å². The predicted octanol–water partition coefficient (Wildman–Crippen LogP) is 4.15. The van der Waals surface area contributed by atoms with Crippen LogP contribution in [0.1, 0.15) is 47.4 Å². The first-order valence-corrected chi connectivity index (χ1v) is 10.5. The molecule has 0 spiro atoms. The summed E-state index contributed by atoms with van der Waals surface area (Å²) < 4.78 is 16.0. The van der Waals surface area contributed by atoms with Crippen molar-refractivity contribution in [3.05, 3.63) is 53.2 Å². The van der Waals surface area contributed by atoms with Crippen LogP contribution in [0.3, 0.4) is 0 Å². The topological polar surface area (TPSA) is 96.9 Å². The molecule has 0 fully saturated rings. The summed E-state index contributed by atoms with van der Waals surface area (Å²) in [5.74, 6) is 1.13. The quantitative estimate of drug-likeness (QED) is 0.549. The lowest BCUT2D eigenvalue weighted by molar-refractivity contribution is 0.0741. The largest absolute Gasteiger partial charge is 0.502 e. The Morgan fingerprint density at radius 3 is 2.28 bits per heavy atom. The number of nitrogens with one attached hydrogen (secondary N) is 1. The van der Waals surface area contributed by atoms with E-state index in [0.29, 0.717) is 17.9 Å². The molecule has 1 atom stereocenters. The number of carbonyl (C=O) groups is 1. The summed E-state index contributed by atoms with van der Waals surface area (Å²) in [5, 5.41) is 17.8. The first kappa shape index (κ1) is 21.5. The summed E-state index contributed by atoms with van der Waals surface area (Å²) in [5.41, 5.74) is 3.62. The van der Waals surface area contributed by atoms with Gasteiger partial charge in [0.1, 0.15) is 11.4 Å². The van der Waals surface area contributed by atoms with E-state index in [-0.39, 0.29) is 23.2 Å². The molecule has 0 saturated heterocycles. The van der Waals surface area contributed by atoms with Gasteiger partial charge in [0.15, 0.2) is 11.5 Å². The Balaban J connectivity index is 1.89. The molecule has 168 valence electrons. The lowest BCUT2D eigenvalue weighted by Crippen LogP contribution is -2.30. The molecule has 2 aromatic carbocycles. The van der Waals surface area contributed by atoms with E-state index >= 15 is 0 Å². The van der Waals surface area contributed by atoms with Gasteiger partial charge in [0, 0.05) is 17.7 Å². The molecule has 4 rings (SSSR count). The number of aromatic amines is 1. The number of hydrogen-bond donors (Lipinski definition) is 2. The van der Waals surface area contributed by atoms with Gasteiger partial charge in [-0.2, -0.15) is 5.10 Å². The molecule has 1 aliphatic heterocycles. The second kappa shape index (κ2) is 8.82. The second-order valence-corrected chi connectivity index (χ2v) is 7.62. The lowest BCUT2D eigenvalue weighted by Gasteiger charge is -2.27. The van der Waals surface area contributed by atoms with E-state index in [1.807, 2.05) is 29.2 Å². The monoisotopic (exact) mass is 437 g/mol. The summed E-state index contributed by atoms with van der Waals surface area (Å²) in [6.07, 6.45) is 1.82. The van der Waals surface area contributed by atoms with Crippen molar-refractivity contribution < 1.29 is 24.1 Å². The molecule has 1 amide bonds. The normalized spacial score (nSPS) is 15.1. The van der Waals surface area contributed by atoms with Gasteiger partial charge in [0.25, 0.3) is 5.91 Å². The average Bonchev–Trinajstić information content (AvgIpc) is 3.37. The fourth-order valence-corrected chi connectivity index (χ4v) is 4.14. The molecule has 3 aromatic rings. The van der Waals surface area contributed by atoms with E-state index in [1.54, 1.807) is 19.2 Å². The van der Waals surface area contributed by atoms with Gasteiger partial charge >= 0.3 is 0 Å². The number of phenolic OH excluding ortho intramolecular Hbond substituents is 1. The van der Waals surface area contributed by atoms with Crippen LogP contribution in [0.25, 0.3) is 11.3 Å². The number of hydrogen-bond acceptors (Lipinski definition) is 6. The van der Waals surface area contributed by atoms with Gasteiger partial charge < -0.3 is 24.2 Å². The first-order valence-electron chi connectivity index (χ1n) is 10.5. The third kappa shape index (κ3) is 3.51. The maximum atomic E-state index is 13.3. The molecule has 8 nitrogen and oxygen atoms in total. The summed E-state index contributed by atoms with van der Waals surface area (Å²) in [4.78, 5) is 15.2. The van der Waals surface area contributed by atoms with Crippen molar-refractivity contribution in [2.45, 2.75) is 25.8 Å². The Morgan fingerprint density at radius 2 is 1.72 bits per heavy atom. The third-order valence-corrected chi connectivity index (χ3v) is 5.80. The Labute approximate surface area is 186 Å². The molecule has 2 N–H and O–H groups in total. The number of carbonyl (C=O) groups excluding carboxylic acids is 1. The van der Waals surface area contributed by atoms with Crippen molar-refractivity contribution >= 4 is 5.91 Å². The number of H-pyrrole nitrogens is 1. The van der Waals surface area contributed by atoms with Gasteiger partial charge in [-0.25, -0.2) is 0 Å². The highest BCUT2D eigenvalue weighted by Crippen LogP contribution is 2.47. The van der Waals surface area contributed by atoms with Crippen LogP contribution in [0.15, 0.2) is 36.4 Å². The molecule has 1 unspecified atom stereocenters. The van der Waals surface area contributed by atoms with E-state index in [9.17, 15) is 9.90 Å². The number of benzene rings is 2. The zero-order chi connectivity index (χ0) is 22.8. The van der Waals surface area contributed by atoms with E-state index in [2.05, 4.69) is 17.1 Å². The lowest BCUT2D eigenvalue weighted by atomic mass is 9.95. The highest BCUT2D eigenvalue weighted by molar-refractivity contribution is 6.00.